The first kappa shape index (κ1) is 11.0. The van der Waals surface area contributed by atoms with E-state index in [9.17, 15) is 4.79 Å². The Hall–Kier alpha value is -2.09. The highest BCUT2D eigenvalue weighted by Gasteiger charge is 2.10. The van der Waals surface area contributed by atoms with Crippen molar-refractivity contribution in [2.75, 3.05) is 6.61 Å². The average molecular weight is 205 g/mol. The maximum atomic E-state index is 11.3. The highest BCUT2D eigenvalue weighted by atomic mass is 16.5. The second-order valence-electron chi connectivity index (χ2n) is 2.84. The van der Waals surface area contributed by atoms with E-state index in [4.69, 9.17) is 10.00 Å². The molecule has 0 bridgehead atoms. The number of hydrogen-bond acceptors (Lipinski definition) is 4. The van der Waals surface area contributed by atoms with E-state index in [1.807, 2.05) is 6.07 Å². The van der Waals surface area contributed by atoms with Gasteiger partial charge in [-0.15, -0.1) is 0 Å². The van der Waals surface area contributed by atoms with Gasteiger partial charge in [-0.3, -0.25) is 5.10 Å². The van der Waals surface area contributed by atoms with Crippen LogP contribution in [0.1, 0.15) is 30.0 Å². The summed E-state index contributed by atoms with van der Waals surface area (Å²) in [5, 5.41) is 14.9. The Morgan fingerprint density at radius 1 is 1.80 bits per heavy atom. The minimum absolute atomic E-state index is 0.289. The van der Waals surface area contributed by atoms with E-state index in [1.165, 1.54) is 6.08 Å². The van der Waals surface area contributed by atoms with Gasteiger partial charge in [0.25, 0.3) is 0 Å². The van der Waals surface area contributed by atoms with E-state index in [1.54, 1.807) is 19.9 Å². The van der Waals surface area contributed by atoms with Crippen LogP contribution >= 0.6 is 0 Å². The zero-order valence-electron chi connectivity index (χ0n) is 8.57. The van der Waals surface area contributed by atoms with E-state index in [-0.39, 0.29) is 5.69 Å². The number of nitriles is 1. The lowest BCUT2D eigenvalue weighted by molar-refractivity contribution is 0.0519. The van der Waals surface area contributed by atoms with E-state index < -0.39 is 5.97 Å². The Morgan fingerprint density at radius 2 is 2.53 bits per heavy atom. The maximum absolute atomic E-state index is 11.3. The van der Waals surface area contributed by atoms with Crippen LogP contribution in [0.2, 0.25) is 0 Å². The fourth-order valence-corrected chi connectivity index (χ4v) is 1.01. The highest BCUT2D eigenvalue weighted by Crippen LogP contribution is 2.11. The minimum atomic E-state index is -0.444. The molecule has 1 aromatic rings. The van der Waals surface area contributed by atoms with Crippen molar-refractivity contribution in [2.24, 2.45) is 0 Å². The zero-order chi connectivity index (χ0) is 11.3. The molecule has 0 radical (unpaired) electrons. The number of hydrogen-bond donors (Lipinski definition) is 1. The van der Waals surface area contributed by atoms with Crippen LogP contribution in [0.4, 0.5) is 0 Å². The summed E-state index contributed by atoms with van der Waals surface area (Å²) in [7, 11) is 0. The van der Waals surface area contributed by atoms with Gasteiger partial charge in [0, 0.05) is 6.08 Å². The summed E-state index contributed by atoms with van der Waals surface area (Å²) in [5.74, 6) is -0.444. The zero-order valence-corrected chi connectivity index (χ0v) is 8.57. The molecule has 1 heterocycles. The first-order valence-electron chi connectivity index (χ1n) is 4.48. The van der Waals surface area contributed by atoms with Crippen LogP contribution < -0.4 is 0 Å². The van der Waals surface area contributed by atoms with Gasteiger partial charge in [-0.25, -0.2) is 4.79 Å². The van der Waals surface area contributed by atoms with Crippen LogP contribution in [0.3, 0.4) is 0 Å². The number of aromatic amines is 1. The Bertz CT molecular complexity index is 426. The van der Waals surface area contributed by atoms with Gasteiger partial charge in [-0.1, -0.05) is 0 Å². The molecule has 0 aliphatic heterocycles. The number of esters is 1. The van der Waals surface area contributed by atoms with E-state index in [0.717, 1.165) is 0 Å². The Morgan fingerprint density at radius 3 is 3.13 bits per heavy atom. The van der Waals surface area contributed by atoms with E-state index >= 15 is 0 Å². The lowest BCUT2D eigenvalue weighted by Crippen LogP contribution is -2.04. The van der Waals surface area contributed by atoms with Crippen LogP contribution in [0.5, 0.6) is 0 Å². The summed E-state index contributed by atoms with van der Waals surface area (Å²) in [4.78, 5) is 11.3. The molecule has 0 amide bonds. The highest BCUT2D eigenvalue weighted by molar-refractivity contribution is 5.88. The molecule has 0 saturated heterocycles. The molecule has 0 aliphatic carbocycles. The molecule has 0 unspecified atom stereocenters. The summed E-state index contributed by atoms with van der Waals surface area (Å²) in [6, 6.07) is 3.45. The van der Waals surface area contributed by atoms with Crippen LogP contribution in [0.15, 0.2) is 12.1 Å². The number of nitrogens with zero attached hydrogens (tertiary/aromatic N) is 2. The topological polar surface area (TPSA) is 78.8 Å². The molecule has 0 aliphatic rings. The maximum Gasteiger partial charge on any atom is 0.356 e. The first-order chi connectivity index (χ1) is 7.19. The SMILES string of the molecule is CCOC(=O)c1cc(C(C)=CC#N)n[nH]1. The average Bonchev–Trinajstić information content (AvgIpc) is 2.67. The molecule has 0 atom stereocenters. The van der Waals surface area contributed by atoms with Crippen LogP contribution in [0.25, 0.3) is 5.57 Å². The summed E-state index contributed by atoms with van der Waals surface area (Å²) in [6.45, 7) is 3.80. The molecule has 1 rings (SSSR count). The molecule has 5 heteroatoms. The van der Waals surface area contributed by atoms with Crippen molar-refractivity contribution in [1.82, 2.24) is 10.2 Å². The van der Waals surface area contributed by atoms with Crippen molar-refractivity contribution in [2.45, 2.75) is 13.8 Å². The third kappa shape index (κ3) is 2.68. The fourth-order valence-electron chi connectivity index (χ4n) is 1.01. The smallest absolute Gasteiger partial charge is 0.356 e. The van der Waals surface area contributed by atoms with E-state index in [0.29, 0.717) is 17.9 Å². The fraction of sp³-hybridized carbons (Fsp3) is 0.300. The van der Waals surface area contributed by atoms with Crippen LogP contribution in [-0.4, -0.2) is 22.8 Å². The Balaban J connectivity index is 2.86. The predicted octanol–water partition coefficient (Wildman–Crippen LogP) is 1.51. The van der Waals surface area contributed by atoms with Crippen molar-refractivity contribution in [3.05, 3.63) is 23.5 Å². The lowest BCUT2D eigenvalue weighted by atomic mass is 10.2. The second kappa shape index (κ2) is 4.96. The quantitative estimate of drug-likeness (QED) is 0.599. The minimum Gasteiger partial charge on any atom is -0.461 e. The van der Waals surface area contributed by atoms with Crippen molar-refractivity contribution in [3.8, 4) is 6.07 Å². The predicted molar refractivity (Wildman–Crippen MR) is 53.8 cm³/mol. The van der Waals surface area contributed by atoms with Crippen molar-refractivity contribution in [1.29, 1.82) is 5.26 Å². The summed E-state index contributed by atoms with van der Waals surface area (Å²) in [6.07, 6.45) is 1.37. The second-order valence-corrected chi connectivity index (χ2v) is 2.84. The largest absolute Gasteiger partial charge is 0.461 e. The van der Waals surface area contributed by atoms with Gasteiger partial charge in [0.15, 0.2) is 0 Å². The molecule has 1 aromatic heterocycles. The molecular weight excluding hydrogens is 194 g/mol. The Kier molecular flexibility index (Phi) is 3.63. The van der Waals surface area contributed by atoms with Crippen molar-refractivity contribution in [3.63, 3.8) is 0 Å². The van der Waals surface area contributed by atoms with E-state index in [2.05, 4.69) is 10.2 Å². The number of rotatable bonds is 3. The number of carbonyl (C=O) groups is 1. The molecule has 0 spiro atoms. The standard InChI is InChI=1S/C10H11N3O2/c1-3-15-10(14)9-6-8(12-13-9)7(2)4-5-11/h4,6H,3H2,1-2H3,(H,12,13). The number of allylic oxidation sites excluding steroid dienone is 2. The van der Waals surface area contributed by atoms with Gasteiger partial charge < -0.3 is 4.74 Å². The van der Waals surface area contributed by atoms with Crippen molar-refractivity contribution < 1.29 is 9.53 Å². The van der Waals surface area contributed by atoms with Gasteiger partial charge in [0.05, 0.1) is 18.4 Å². The van der Waals surface area contributed by atoms with Gasteiger partial charge in [-0.05, 0) is 25.5 Å². The molecular formula is C10H11N3O2. The molecule has 5 nitrogen and oxygen atoms in total. The normalized spacial score (nSPS) is 10.9. The number of ether oxygens (including phenoxy) is 1. The Labute approximate surface area is 87.4 Å². The number of H-pyrrole nitrogens is 1. The van der Waals surface area contributed by atoms with Gasteiger partial charge in [-0.2, -0.15) is 10.4 Å². The molecule has 15 heavy (non-hydrogen) atoms. The molecule has 0 saturated carbocycles. The number of nitrogens with one attached hydrogen (secondary N) is 1. The van der Waals surface area contributed by atoms with Gasteiger partial charge >= 0.3 is 5.97 Å². The summed E-state index contributed by atoms with van der Waals surface area (Å²) < 4.78 is 4.79. The monoisotopic (exact) mass is 205 g/mol. The third-order valence-electron chi connectivity index (χ3n) is 1.76. The summed E-state index contributed by atoms with van der Waals surface area (Å²) in [5.41, 5.74) is 1.56. The molecule has 0 aromatic carbocycles. The van der Waals surface area contributed by atoms with Gasteiger partial charge in [0.1, 0.15) is 5.69 Å². The van der Waals surface area contributed by atoms with Gasteiger partial charge in [0.2, 0.25) is 0 Å². The van der Waals surface area contributed by atoms with Crippen molar-refractivity contribution >= 4 is 11.5 Å². The molecule has 1 N–H and O–H groups in total. The van der Waals surface area contributed by atoms with Crippen LogP contribution in [0, 0.1) is 11.3 Å². The van der Waals surface area contributed by atoms with Crippen LogP contribution in [-0.2, 0) is 4.74 Å². The number of aromatic nitrogens is 2. The molecule has 0 fully saturated rings. The third-order valence-corrected chi connectivity index (χ3v) is 1.76. The number of carbonyl (C=O) groups excluding carboxylic acids is 1. The molecule has 78 valence electrons. The lowest BCUT2D eigenvalue weighted by Gasteiger charge is -1.95. The summed E-state index contributed by atoms with van der Waals surface area (Å²) >= 11 is 0. The first-order valence-corrected chi connectivity index (χ1v) is 4.48.